The highest BCUT2D eigenvalue weighted by Crippen LogP contribution is 2.23. The van der Waals surface area contributed by atoms with Gasteiger partial charge in [0.05, 0.1) is 19.1 Å². The van der Waals surface area contributed by atoms with Crippen molar-refractivity contribution in [1.29, 1.82) is 0 Å². The van der Waals surface area contributed by atoms with E-state index in [0.717, 1.165) is 31.1 Å². The molecule has 122 valence electrons. The molecule has 0 unspecified atom stereocenters. The van der Waals surface area contributed by atoms with Gasteiger partial charge in [-0.15, -0.1) is 11.3 Å². The maximum Gasteiger partial charge on any atom is 0.225 e. The highest BCUT2D eigenvalue weighted by molar-refractivity contribution is 7.10. The zero-order chi connectivity index (χ0) is 15.9. The third kappa shape index (κ3) is 4.81. The van der Waals surface area contributed by atoms with Crippen LogP contribution >= 0.6 is 11.3 Å². The standard InChI is InChI=1S/C16H24N2O3S/c1-3-18(10-13-6-7-21-11-13)16(20)9-14(17-12(2)19)15-5-4-8-22-15/h4-5,8,13-14H,3,6-7,9-11H2,1-2H3,(H,17,19)/t13-,14+/m0/s1. The Labute approximate surface area is 135 Å². The summed E-state index contributed by atoms with van der Waals surface area (Å²) in [5.74, 6) is 0.407. The van der Waals surface area contributed by atoms with E-state index in [1.54, 1.807) is 11.3 Å². The van der Waals surface area contributed by atoms with Gasteiger partial charge in [-0.1, -0.05) is 6.07 Å². The van der Waals surface area contributed by atoms with Crippen molar-refractivity contribution in [3.8, 4) is 0 Å². The zero-order valence-corrected chi connectivity index (χ0v) is 14.0. The third-order valence-electron chi connectivity index (χ3n) is 3.88. The lowest BCUT2D eigenvalue weighted by Gasteiger charge is -2.26. The predicted molar refractivity (Wildman–Crippen MR) is 86.7 cm³/mol. The van der Waals surface area contributed by atoms with Crippen LogP contribution in [0.5, 0.6) is 0 Å². The Bertz CT molecular complexity index is 484. The summed E-state index contributed by atoms with van der Waals surface area (Å²) >= 11 is 1.56. The van der Waals surface area contributed by atoms with Crippen molar-refractivity contribution < 1.29 is 14.3 Å². The second-order valence-electron chi connectivity index (χ2n) is 5.63. The Morgan fingerprint density at radius 3 is 2.91 bits per heavy atom. The van der Waals surface area contributed by atoms with Crippen molar-refractivity contribution in [2.45, 2.75) is 32.7 Å². The number of carbonyl (C=O) groups is 2. The molecule has 5 nitrogen and oxygen atoms in total. The van der Waals surface area contributed by atoms with Crippen LogP contribution in [0, 0.1) is 5.92 Å². The summed E-state index contributed by atoms with van der Waals surface area (Å²) in [6.45, 7) is 6.44. The third-order valence-corrected chi connectivity index (χ3v) is 4.87. The van der Waals surface area contributed by atoms with E-state index in [1.165, 1.54) is 6.92 Å². The van der Waals surface area contributed by atoms with Gasteiger partial charge in [-0.3, -0.25) is 9.59 Å². The van der Waals surface area contributed by atoms with Gasteiger partial charge < -0.3 is 15.0 Å². The van der Waals surface area contributed by atoms with Crippen molar-refractivity contribution in [3.05, 3.63) is 22.4 Å². The Morgan fingerprint density at radius 2 is 2.36 bits per heavy atom. The molecule has 2 amide bonds. The number of hydrogen-bond acceptors (Lipinski definition) is 4. The molecule has 0 bridgehead atoms. The molecule has 6 heteroatoms. The largest absolute Gasteiger partial charge is 0.381 e. The summed E-state index contributed by atoms with van der Waals surface area (Å²) in [5, 5.41) is 4.85. The Morgan fingerprint density at radius 1 is 1.55 bits per heavy atom. The summed E-state index contributed by atoms with van der Waals surface area (Å²) in [5.41, 5.74) is 0. The van der Waals surface area contributed by atoms with Crippen LogP contribution in [0.3, 0.4) is 0 Å². The molecule has 2 rings (SSSR count). The normalized spacial score (nSPS) is 18.9. The van der Waals surface area contributed by atoms with E-state index < -0.39 is 0 Å². The summed E-state index contributed by atoms with van der Waals surface area (Å²) in [6.07, 6.45) is 1.32. The number of nitrogens with zero attached hydrogens (tertiary/aromatic N) is 1. The molecule has 22 heavy (non-hydrogen) atoms. The van der Waals surface area contributed by atoms with Crippen molar-refractivity contribution in [2.75, 3.05) is 26.3 Å². The molecule has 0 spiro atoms. The van der Waals surface area contributed by atoms with Gasteiger partial charge in [0, 0.05) is 37.4 Å². The molecule has 0 aromatic carbocycles. The van der Waals surface area contributed by atoms with Crippen LogP contribution in [-0.2, 0) is 14.3 Å². The van der Waals surface area contributed by atoms with Gasteiger partial charge in [0.25, 0.3) is 0 Å². The molecule has 1 aromatic heterocycles. The number of nitrogens with one attached hydrogen (secondary N) is 1. The molecule has 1 N–H and O–H groups in total. The summed E-state index contributed by atoms with van der Waals surface area (Å²) < 4.78 is 5.38. The molecule has 0 aliphatic carbocycles. The lowest BCUT2D eigenvalue weighted by molar-refractivity contribution is -0.132. The van der Waals surface area contributed by atoms with Crippen molar-refractivity contribution in [2.24, 2.45) is 5.92 Å². The smallest absolute Gasteiger partial charge is 0.225 e. The maximum atomic E-state index is 12.6. The molecule has 1 aromatic rings. The minimum atomic E-state index is -0.237. The van der Waals surface area contributed by atoms with Gasteiger partial charge in [0.2, 0.25) is 11.8 Å². The quantitative estimate of drug-likeness (QED) is 0.836. The topological polar surface area (TPSA) is 58.6 Å². The SMILES string of the molecule is CCN(C[C@@H]1CCOC1)C(=O)C[C@@H](NC(C)=O)c1cccs1. The van der Waals surface area contributed by atoms with E-state index in [2.05, 4.69) is 5.32 Å². The molecule has 1 fully saturated rings. The molecule has 2 atom stereocenters. The van der Waals surface area contributed by atoms with Gasteiger partial charge in [-0.2, -0.15) is 0 Å². The molecule has 1 saturated heterocycles. The van der Waals surface area contributed by atoms with Crippen LogP contribution < -0.4 is 5.32 Å². The van der Waals surface area contributed by atoms with E-state index in [4.69, 9.17) is 4.74 Å². The summed E-state index contributed by atoms with van der Waals surface area (Å²) in [7, 11) is 0. The van der Waals surface area contributed by atoms with Crippen LogP contribution in [0.2, 0.25) is 0 Å². The fourth-order valence-corrected chi connectivity index (χ4v) is 3.49. The molecule has 1 aliphatic heterocycles. The van der Waals surface area contributed by atoms with Gasteiger partial charge in [0.1, 0.15) is 0 Å². The minimum Gasteiger partial charge on any atom is -0.381 e. The number of rotatable bonds is 7. The van der Waals surface area contributed by atoms with Gasteiger partial charge in [-0.25, -0.2) is 0 Å². The van der Waals surface area contributed by atoms with E-state index in [0.29, 0.717) is 18.9 Å². The van der Waals surface area contributed by atoms with Crippen LogP contribution in [0.1, 0.15) is 37.6 Å². The second-order valence-corrected chi connectivity index (χ2v) is 6.61. The van der Waals surface area contributed by atoms with E-state index in [9.17, 15) is 9.59 Å². The summed E-state index contributed by atoms with van der Waals surface area (Å²) in [4.78, 5) is 26.9. The first-order valence-corrected chi connectivity index (χ1v) is 8.64. The van der Waals surface area contributed by atoms with E-state index >= 15 is 0 Å². The van der Waals surface area contributed by atoms with Crippen LogP contribution in [-0.4, -0.2) is 43.0 Å². The molecular formula is C16H24N2O3S. The first kappa shape index (κ1) is 17.0. The first-order valence-electron chi connectivity index (χ1n) is 7.76. The van der Waals surface area contributed by atoms with E-state index in [-0.39, 0.29) is 17.9 Å². The highest BCUT2D eigenvalue weighted by Gasteiger charge is 2.25. The molecule has 2 heterocycles. The monoisotopic (exact) mass is 324 g/mol. The molecule has 0 radical (unpaired) electrons. The zero-order valence-electron chi connectivity index (χ0n) is 13.2. The second kappa shape index (κ2) is 8.29. The maximum absolute atomic E-state index is 12.6. The summed E-state index contributed by atoms with van der Waals surface area (Å²) in [6, 6.07) is 3.66. The van der Waals surface area contributed by atoms with Gasteiger partial charge in [0.15, 0.2) is 0 Å². The fraction of sp³-hybridized carbons (Fsp3) is 0.625. The number of amides is 2. The number of thiophene rings is 1. The lowest BCUT2D eigenvalue weighted by atomic mass is 10.1. The Balaban J connectivity index is 1.97. The molecular weight excluding hydrogens is 300 g/mol. The Hall–Kier alpha value is -1.40. The van der Waals surface area contributed by atoms with E-state index in [1.807, 2.05) is 29.3 Å². The average Bonchev–Trinajstić information content (AvgIpc) is 3.16. The lowest BCUT2D eigenvalue weighted by Crippen LogP contribution is -2.38. The fourth-order valence-electron chi connectivity index (χ4n) is 2.71. The van der Waals surface area contributed by atoms with Crippen LogP contribution in [0.4, 0.5) is 0 Å². The number of carbonyl (C=O) groups excluding carboxylic acids is 2. The van der Waals surface area contributed by atoms with Gasteiger partial charge in [-0.05, 0) is 24.8 Å². The highest BCUT2D eigenvalue weighted by atomic mass is 32.1. The number of ether oxygens (including phenoxy) is 1. The van der Waals surface area contributed by atoms with Crippen molar-refractivity contribution in [3.63, 3.8) is 0 Å². The Kier molecular flexibility index (Phi) is 6.39. The molecule has 0 saturated carbocycles. The molecule has 1 aliphatic rings. The van der Waals surface area contributed by atoms with Crippen LogP contribution in [0.15, 0.2) is 17.5 Å². The predicted octanol–water partition coefficient (Wildman–Crippen LogP) is 2.20. The van der Waals surface area contributed by atoms with Crippen LogP contribution in [0.25, 0.3) is 0 Å². The van der Waals surface area contributed by atoms with Crippen molar-refractivity contribution in [1.82, 2.24) is 10.2 Å². The number of hydrogen-bond donors (Lipinski definition) is 1. The average molecular weight is 324 g/mol. The first-order chi connectivity index (χ1) is 10.6. The van der Waals surface area contributed by atoms with Gasteiger partial charge >= 0.3 is 0 Å². The van der Waals surface area contributed by atoms with Crippen molar-refractivity contribution >= 4 is 23.2 Å². The minimum absolute atomic E-state index is 0.0848.